The number of hydrogen-bond acceptors (Lipinski definition) is 4. The van der Waals surface area contributed by atoms with Crippen LogP contribution in [-0.2, 0) is 9.53 Å². The van der Waals surface area contributed by atoms with Gasteiger partial charge in [0.1, 0.15) is 11.9 Å². The van der Waals surface area contributed by atoms with Crippen molar-refractivity contribution >= 4 is 5.91 Å². The summed E-state index contributed by atoms with van der Waals surface area (Å²) in [7, 11) is 0. The molecule has 22 heavy (non-hydrogen) atoms. The van der Waals surface area contributed by atoms with Gasteiger partial charge < -0.3 is 14.4 Å². The lowest BCUT2D eigenvalue weighted by molar-refractivity contribution is -0.141. The van der Waals surface area contributed by atoms with E-state index in [2.05, 4.69) is 4.98 Å². The minimum absolute atomic E-state index is 0.0342. The molecule has 1 atom stereocenters. The van der Waals surface area contributed by atoms with Gasteiger partial charge in [-0.1, -0.05) is 24.3 Å². The molecule has 0 bridgehead atoms. The summed E-state index contributed by atoms with van der Waals surface area (Å²) >= 11 is 0. The van der Waals surface area contributed by atoms with Crippen molar-refractivity contribution in [1.82, 2.24) is 9.88 Å². The van der Waals surface area contributed by atoms with Gasteiger partial charge >= 0.3 is 0 Å². The Bertz CT molecular complexity index is 604. The molecule has 1 aliphatic rings. The summed E-state index contributed by atoms with van der Waals surface area (Å²) in [6.45, 7) is 1.64. The molecule has 0 radical (unpaired) electrons. The molecule has 1 saturated heterocycles. The first kappa shape index (κ1) is 14.5. The second-order valence-corrected chi connectivity index (χ2v) is 5.06. The van der Waals surface area contributed by atoms with Crippen LogP contribution in [0, 0.1) is 0 Å². The lowest BCUT2D eigenvalue weighted by Gasteiger charge is -2.32. The van der Waals surface area contributed by atoms with E-state index in [4.69, 9.17) is 9.47 Å². The van der Waals surface area contributed by atoms with Crippen LogP contribution in [0.2, 0.25) is 0 Å². The van der Waals surface area contributed by atoms with E-state index in [1.54, 1.807) is 11.1 Å². The maximum absolute atomic E-state index is 12.3. The van der Waals surface area contributed by atoms with Crippen LogP contribution in [0.3, 0.4) is 0 Å². The Labute approximate surface area is 129 Å². The Balaban J connectivity index is 1.56. The molecule has 0 aliphatic carbocycles. The van der Waals surface area contributed by atoms with Crippen molar-refractivity contribution in [2.75, 3.05) is 26.3 Å². The van der Waals surface area contributed by atoms with Gasteiger partial charge in [0.05, 0.1) is 18.8 Å². The van der Waals surface area contributed by atoms with E-state index in [1.165, 1.54) is 0 Å². The van der Waals surface area contributed by atoms with E-state index < -0.39 is 0 Å². The highest BCUT2D eigenvalue weighted by molar-refractivity contribution is 5.77. The Morgan fingerprint density at radius 1 is 1.23 bits per heavy atom. The molecular formula is C17H18N2O3. The summed E-state index contributed by atoms with van der Waals surface area (Å²) in [5, 5.41) is 0. The number of pyridine rings is 1. The van der Waals surface area contributed by atoms with Crippen molar-refractivity contribution in [3.63, 3.8) is 0 Å². The van der Waals surface area contributed by atoms with E-state index in [9.17, 15) is 4.79 Å². The van der Waals surface area contributed by atoms with Gasteiger partial charge in [-0.2, -0.15) is 0 Å². The zero-order valence-electron chi connectivity index (χ0n) is 12.2. The highest BCUT2D eigenvalue weighted by Crippen LogP contribution is 2.20. The number of benzene rings is 1. The van der Waals surface area contributed by atoms with Crippen molar-refractivity contribution in [3.8, 4) is 5.75 Å². The van der Waals surface area contributed by atoms with Crippen molar-refractivity contribution < 1.29 is 14.3 Å². The molecule has 1 aliphatic heterocycles. The molecule has 1 aromatic carbocycles. The Hall–Kier alpha value is -2.40. The van der Waals surface area contributed by atoms with Gasteiger partial charge in [-0.05, 0) is 24.3 Å². The predicted molar refractivity (Wildman–Crippen MR) is 81.4 cm³/mol. The average Bonchev–Trinajstić information content (AvgIpc) is 2.61. The van der Waals surface area contributed by atoms with Crippen LogP contribution in [-0.4, -0.2) is 42.1 Å². The fourth-order valence-corrected chi connectivity index (χ4v) is 2.37. The van der Waals surface area contributed by atoms with Crippen LogP contribution in [0.25, 0.3) is 0 Å². The summed E-state index contributed by atoms with van der Waals surface area (Å²) < 4.78 is 11.2. The van der Waals surface area contributed by atoms with E-state index in [-0.39, 0.29) is 18.6 Å². The molecule has 0 spiro atoms. The Morgan fingerprint density at radius 3 is 2.82 bits per heavy atom. The molecular weight excluding hydrogens is 280 g/mol. The molecule has 1 unspecified atom stereocenters. The lowest BCUT2D eigenvalue weighted by Crippen LogP contribution is -2.44. The average molecular weight is 298 g/mol. The van der Waals surface area contributed by atoms with Gasteiger partial charge in [-0.3, -0.25) is 9.78 Å². The number of carbonyl (C=O) groups is 1. The molecule has 3 rings (SSSR count). The van der Waals surface area contributed by atoms with Crippen LogP contribution >= 0.6 is 0 Å². The van der Waals surface area contributed by atoms with Crippen LogP contribution in [0.15, 0.2) is 54.7 Å². The Morgan fingerprint density at radius 2 is 2.05 bits per heavy atom. The van der Waals surface area contributed by atoms with Gasteiger partial charge in [0, 0.05) is 12.7 Å². The number of nitrogens with zero attached hydrogens (tertiary/aromatic N) is 2. The van der Waals surface area contributed by atoms with Crippen LogP contribution in [0.1, 0.15) is 11.8 Å². The fraction of sp³-hybridized carbons (Fsp3) is 0.294. The minimum Gasteiger partial charge on any atom is -0.484 e. The summed E-state index contributed by atoms with van der Waals surface area (Å²) in [4.78, 5) is 18.3. The number of aromatic nitrogens is 1. The maximum atomic E-state index is 12.3. The standard InChI is InChI=1S/C17H18N2O3/c20-17(13-22-14-6-2-1-3-7-14)19-10-11-21-16(12-19)15-8-4-5-9-18-15/h1-9,16H,10-13H2. The number of ether oxygens (including phenoxy) is 2. The first-order chi connectivity index (χ1) is 10.8. The summed E-state index contributed by atoms with van der Waals surface area (Å²) in [5.74, 6) is 0.665. The van der Waals surface area contributed by atoms with E-state index in [0.29, 0.717) is 25.4 Å². The third kappa shape index (κ3) is 3.62. The highest BCUT2D eigenvalue weighted by Gasteiger charge is 2.26. The maximum Gasteiger partial charge on any atom is 0.260 e. The van der Waals surface area contributed by atoms with Gasteiger partial charge in [-0.25, -0.2) is 0 Å². The zero-order chi connectivity index (χ0) is 15.2. The van der Waals surface area contributed by atoms with Crippen LogP contribution in [0.4, 0.5) is 0 Å². The molecule has 2 heterocycles. The number of morpholine rings is 1. The highest BCUT2D eigenvalue weighted by atomic mass is 16.5. The summed E-state index contributed by atoms with van der Waals surface area (Å²) in [6, 6.07) is 15.0. The van der Waals surface area contributed by atoms with Gasteiger partial charge in [0.25, 0.3) is 5.91 Å². The topological polar surface area (TPSA) is 51.7 Å². The zero-order valence-corrected chi connectivity index (χ0v) is 12.2. The van der Waals surface area contributed by atoms with E-state index in [0.717, 1.165) is 5.69 Å². The molecule has 1 amide bonds. The molecule has 2 aromatic rings. The second kappa shape index (κ2) is 7.04. The first-order valence-corrected chi connectivity index (χ1v) is 7.31. The van der Waals surface area contributed by atoms with Gasteiger partial charge in [0.15, 0.2) is 6.61 Å². The van der Waals surface area contributed by atoms with Crippen LogP contribution < -0.4 is 4.74 Å². The molecule has 0 saturated carbocycles. The van der Waals surface area contributed by atoms with Crippen molar-refractivity contribution in [3.05, 3.63) is 60.4 Å². The number of amides is 1. The number of rotatable bonds is 4. The molecule has 1 aromatic heterocycles. The predicted octanol–water partition coefficient (Wildman–Crippen LogP) is 2.06. The van der Waals surface area contributed by atoms with Crippen molar-refractivity contribution in [2.24, 2.45) is 0 Å². The molecule has 0 N–H and O–H groups in total. The lowest BCUT2D eigenvalue weighted by atomic mass is 10.2. The number of para-hydroxylation sites is 1. The quantitative estimate of drug-likeness (QED) is 0.867. The molecule has 5 nitrogen and oxygen atoms in total. The first-order valence-electron chi connectivity index (χ1n) is 7.31. The van der Waals surface area contributed by atoms with E-state index in [1.807, 2.05) is 48.5 Å². The third-order valence-electron chi connectivity index (χ3n) is 3.54. The molecule has 1 fully saturated rings. The monoisotopic (exact) mass is 298 g/mol. The number of hydrogen-bond donors (Lipinski definition) is 0. The van der Waals surface area contributed by atoms with Gasteiger partial charge in [-0.15, -0.1) is 0 Å². The smallest absolute Gasteiger partial charge is 0.260 e. The largest absolute Gasteiger partial charge is 0.484 e. The van der Waals surface area contributed by atoms with Gasteiger partial charge in [0.2, 0.25) is 0 Å². The number of carbonyl (C=O) groups excluding carboxylic acids is 1. The fourth-order valence-electron chi connectivity index (χ4n) is 2.37. The molecule has 5 heteroatoms. The summed E-state index contributed by atoms with van der Waals surface area (Å²) in [5.41, 5.74) is 0.851. The second-order valence-electron chi connectivity index (χ2n) is 5.06. The van der Waals surface area contributed by atoms with E-state index >= 15 is 0 Å². The van der Waals surface area contributed by atoms with Crippen LogP contribution in [0.5, 0.6) is 5.75 Å². The van der Waals surface area contributed by atoms with Crippen molar-refractivity contribution in [1.29, 1.82) is 0 Å². The SMILES string of the molecule is O=C(COc1ccccc1)N1CCOC(c2ccccn2)C1. The van der Waals surface area contributed by atoms with Crippen molar-refractivity contribution in [2.45, 2.75) is 6.10 Å². The normalized spacial score (nSPS) is 18.0. The minimum atomic E-state index is -0.171. The Kier molecular flexibility index (Phi) is 4.65. The molecule has 114 valence electrons. The third-order valence-corrected chi connectivity index (χ3v) is 3.54. The summed E-state index contributed by atoms with van der Waals surface area (Å²) in [6.07, 6.45) is 1.56.